The molecule has 1 heteroatoms. The molecule has 0 spiro atoms. The summed E-state index contributed by atoms with van der Waals surface area (Å²) in [4.78, 5) is 0. The van der Waals surface area contributed by atoms with Crippen LogP contribution in [0.5, 0.6) is 0 Å². The van der Waals surface area contributed by atoms with Crippen LogP contribution in [0.25, 0.3) is 0 Å². The summed E-state index contributed by atoms with van der Waals surface area (Å²) in [7, 11) is 0. The van der Waals surface area contributed by atoms with Gasteiger partial charge in [0.05, 0.1) is 0 Å². The second-order valence-electron chi connectivity index (χ2n) is 4.15. The summed E-state index contributed by atoms with van der Waals surface area (Å²) in [6, 6.07) is 0. The Morgan fingerprint density at radius 2 is 2.30 bits per heavy atom. The van der Waals surface area contributed by atoms with Gasteiger partial charge in [-0.25, -0.2) is 0 Å². The van der Waals surface area contributed by atoms with Crippen molar-refractivity contribution in [3.8, 4) is 0 Å². The third kappa shape index (κ3) is 0.872. The molecule has 0 aromatic carbocycles. The predicted octanol–water partition coefficient (Wildman–Crippen LogP) is 2.79. The Balaban J connectivity index is 0.000000500. The van der Waals surface area contributed by atoms with E-state index in [4.69, 9.17) is 0 Å². The van der Waals surface area contributed by atoms with E-state index in [1.54, 1.807) is 0 Å². The smallest absolute Gasteiger partial charge is 0 e. The standard InChI is InChI=1S/C9H15.Lr/c1-9-5-2-3-8(7-9)4-6-9;/h2,8H,3-7H2,1H3;/q-1;. The third-order valence-electron chi connectivity index (χ3n) is 3.07. The topological polar surface area (TPSA) is 0 Å². The van der Waals surface area contributed by atoms with E-state index < -0.39 is 0 Å². The van der Waals surface area contributed by atoms with Crippen molar-refractivity contribution in [1.29, 1.82) is 0 Å². The Morgan fingerprint density at radius 1 is 1.50 bits per heavy atom. The number of hydrogen-bond acceptors (Lipinski definition) is 0. The molecular weight excluding hydrogens is 370 g/mol. The largest absolute Gasteiger partial charge is 0.328 e. The number of hydrogen-bond donors (Lipinski definition) is 0. The normalized spacial score (nSPS) is 44.7. The molecule has 2 fully saturated rings. The van der Waals surface area contributed by atoms with Crippen molar-refractivity contribution in [3.63, 3.8) is 0 Å². The van der Waals surface area contributed by atoms with E-state index in [-0.39, 0.29) is 0 Å². The number of fused-ring (bicyclic) bond motifs is 2. The SMILES string of the molecule is CC12C[CH-]CC(CC1)C2.[Lr]. The molecular formula is C9H15Lr-. The Hall–Kier alpha value is -1.00. The molecule has 10 heavy (non-hydrogen) atoms. The Bertz CT molecular complexity index is 118. The summed E-state index contributed by atoms with van der Waals surface area (Å²) >= 11 is 0. The van der Waals surface area contributed by atoms with Gasteiger partial charge in [0.15, 0.2) is 0 Å². The molecule has 0 aromatic heterocycles. The average Bonchev–Trinajstić information content (AvgIpc) is 2.07. The van der Waals surface area contributed by atoms with Crippen LogP contribution >= 0.6 is 0 Å². The van der Waals surface area contributed by atoms with Crippen molar-refractivity contribution in [2.45, 2.75) is 39.0 Å². The molecule has 2 unspecified atom stereocenters. The maximum Gasteiger partial charge on any atom is 0 e. The molecule has 0 aliphatic heterocycles. The molecule has 0 amide bonds. The van der Waals surface area contributed by atoms with Crippen LogP contribution in [0.2, 0.25) is 0 Å². The summed E-state index contributed by atoms with van der Waals surface area (Å²) in [5, 5.41) is 0. The van der Waals surface area contributed by atoms with Crippen molar-refractivity contribution >= 4 is 0 Å². The van der Waals surface area contributed by atoms with Gasteiger partial charge >= 0.3 is 0 Å². The first-order valence-corrected chi connectivity index (χ1v) is 4.10. The van der Waals surface area contributed by atoms with E-state index in [2.05, 4.69) is 13.3 Å². The molecule has 2 atom stereocenters. The molecule has 67 valence electrons. The first-order chi connectivity index (χ1) is 4.29. The van der Waals surface area contributed by atoms with Crippen molar-refractivity contribution in [2.75, 3.05) is 0 Å². The summed E-state index contributed by atoms with van der Waals surface area (Å²) in [5.74, 6) is 1.07. The van der Waals surface area contributed by atoms with Crippen molar-refractivity contribution in [1.82, 2.24) is 0 Å². The molecule has 1 radical (unpaired) electrons. The van der Waals surface area contributed by atoms with E-state index >= 15 is 0 Å². The summed E-state index contributed by atoms with van der Waals surface area (Å²) in [5.41, 5.74) is 0.739. The van der Waals surface area contributed by atoms with Crippen LogP contribution in [-0.2, 0) is 0 Å². The van der Waals surface area contributed by atoms with E-state index in [0.717, 1.165) is 11.3 Å². The first-order valence-electron chi connectivity index (χ1n) is 4.10. The van der Waals surface area contributed by atoms with Crippen LogP contribution in [0, 0.1) is 17.8 Å². The Kier molecular flexibility index (Phi) is 1.42. The Labute approximate surface area is 57.6 Å². The molecule has 2 aliphatic rings. The van der Waals surface area contributed by atoms with Gasteiger partial charge in [-0.3, -0.25) is 0 Å². The fourth-order valence-corrected chi connectivity index (χ4v) is 2.51. The summed E-state index contributed by atoms with van der Waals surface area (Å²) < 4.78 is 0. The minimum absolute atomic E-state index is 0. The second-order valence-corrected chi connectivity index (χ2v) is 4.15. The van der Waals surface area contributed by atoms with Gasteiger partial charge < -0.3 is 6.42 Å². The Morgan fingerprint density at radius 3 is 2.90 bits per heavy atom. The molecule has 2 saturated carbocycles. The first kappa shape index (κ1) is 7.11. The minimum Gasteiger partial charge on any atom is -0.328 e. The fourth-order valence-electron chi connectivity index (χ4n) is 2.51. The maximum absolute atomic E-state index is 2.50. The van der Waals surface area contributed by atoms with E-state index in [1.807, 2.05) is 0 Å². The van der Waals surface area contributed by atoms with E-state index in [9.17, 15) is 0 Å². The predicted molar refractivity (Wildman–Crippen MR) is 39.0 cm³/mol. The van der Waals surface area contributed by atoms with Gasteiger partial charge in [0.2, 0.25) is 0 Å². The van der Waals surface area contributed by atoms with E-state index in [1.165, 1.54) is 32.1 Å². The molecule has 2 bridgehead atoms. The third-order valence-corrected chi connectivity index (χ3v) is 3.07. The van der Waals surface area contributed by atoms with Crippen LogP contribution in [0.1, 0.15) is 39.0 Å². The van der Waals surface area contributed by atoms with Crippen LogP contribution in [-0.4, -0.2) is 0 Å². The van der Waals surface area contributed by atoms with Crippen molar-refractivity contribution < 1.29 is 0 Å². The quantitative estimate of drug-likeness (QED) is 0.563. The van der Waals surface area contributed by atoms with Crippen LogP contribution < -0.4 is 0 Å². The zero-order valence-electron chi connectivity index (χ0n) is 6.45. The average molecular weight is 385 g/mol. The molecule has 2 aliphatic carbocycles. The van der Waals surface area contributed by atoms with Gasteiger partial charge in [-0.15, -0.1) is 0 Å². The van der Waals surface area contributed by atoms with Crippen LogP contribution in [0.15, 0.2) is 0 Å². The summed E-state index contributed by atoms with van der Waals surface area (Å²) in [6.45, 7) is 2.45. The van der Waals surface area contributed by atoms with Gasteiger partial charge in [-0.2, -0.15) is 12.8 Å². The minimum atomic E-state index is 0. The van der Waals surface area contributed by atoms with Crippen molar-refractivity contribution in [3.05, 3.63) is 6.42 Å². The zero-order valence-corrected chi connectivity index (χ0v) is 8.60. The van der Waals surface area contributed by atoms with E-state index in [0.29, 0.717) is 0 Å². The number of rotatable bonds is 0. The molecule has 2 rings (SSSR count). The monoisotopic (exact) mass is 385 g/mol. The molecule has 0 aromatic rings. The van der Waals surface area contributed by atoms with Crippen molar-refractivity contribution in [2.24, 2.45) is 11.3 Å². The fraction of sp³-hybridized carbons (Fsp3) is 0.889. The molecule has 0 saturated heterocycles. The molecule has 0 heterocycles. The summed E-state index contributed by atoms with van der Waals surface area (Å²) in [6.07, 6.45) is 9.82. The second kappa shape index (κ2) is 2.00. The zero-order chi connectivity index (χ0) is 6.32. The van der Waals surface area contributed by atoms with Gasteiger partial charge in [-0.1, -0.05) is 31.1 Å². The van der Waals surface area contributed by atoms with Crippen LogP contribution in [0.4, 0.5) is 0 Å². The maximum atomic E-state index is 2.50. The van der Waals surface area contributed by atoms with Gasteiger partial charge in [0.25, 0.3) is 0 Å². The van der Waals surface area contributed by atoms with Gasteiger partial charge in [0, 0.05) is 0 Å². The van der Waals surface area contributed by atoms with Crippen LogP contribution in [0.3, 0.4) is 0 Å². The molecule has 0 nitrogen and oxygen atoms in total. The molecule has 0 N–H and O–H groups in total. The van der Waals surface area contributed by atoms with Gasteiger partial charge in [-0.05, 0) is 6.42 Å². The van der Waals surface area contributed by atoms with Gasteiger partial charge in [0.1, 0.15) is 0 Å².